The number of aliphatic carboxylic acids is 2. The van der Waals surface area contributed by atoms with Crippen molar-refractivity contribution in [3.05, 3.63) is 35.1 Å². The molecule has 7 N–H and O–H groups in total. The number of nitrogens with zero attached hydrogens (tertiary/aromatic N) is 1. The van der Waals surface area contributed by atoms with Crippen molar-refractivity contribution in [2.45, 2.75) is 99.5 Å². The third-order valence-corrected chi connectivity index (χ3v) is 9.65. The summed E-state index contributed by atoms with van der Waals surface area (Å²) in [6, 6.07) is 2.90. The number of carbonyl (C=O) groups is 5. The van der Waals surface area contributed by atoms with E-state index in [0.717, 1.165) is 19.4 Å². The van der Waals surface area contributed by atoms with Crippen LogP contribution in [-0.4, -0.2) is 139 Å². The van der Waals surface area contributed by atoms with E-state index in [0.29, 0.717) is 24.9 Å². The molecule has 2 heterocycles. The number of aromatic hydroxyl groups is 1. The van der Waals surface area contributed by atoms with Gasteiger partial charge in [0.05, 0.1) is 17.4 Å². The number of phenols is 1. The topological polar surface area (TPSA) is 276 Å². The minimum Gasteiger partial charge on any atom is -0.504 e. The summed E-state index contributed by atoms with van der Waals surface area (Å²) in [5.41, 5.74) is -1.03. The maximum Gasteiger partial charge on any atom is 0.344 e. The highest BCUT2D eigenvalue weighted by molar-refractivity contribution is 5.84. The number of piperidine rings is 1. The lowest BCUT2D eigenvalue weighted by atomic mass is 9.50. The molecule has 18 heteroatoms. The van der Waals surface area contributed by atoms with Crippen molar-refractivity contribution in [3.63, 3.8) is 0 Å². The molecule has 2 unspecified atom stereocenters. The molecule has 2 aliphatic heterocycles. The number of rotatable bonds is 13. The minimum atomic E-state index is -2.67. The standard InChI is InChI=1S/C31H37NO17/c1-12(25(37)38)45-27(41)13(2)46-28(42)17(48-29(43)22(36)21(35)26(39)40)11-19(34)47-16-6-7-31(44)18-10-14-4-5-15(33)23-20(14)30(31,24(16)49-23)8-9-32(18)3/h4-6,12-13,17-18,21-22,24,28,33,35-36,42,44H,7-11H2,1-3H3,(H,37,38)(H,39,40)/t12-,13-,17-,18+,21+,22+,24-,28?,30?,31+/m0/s1. The maximum absolute atomic E-state index is 13.4. The molecule has 0 aromatic heterocycles. The Balaban J connectivity index is 1.38. The Labute approximate surface area is 278 Å². The molecule has 0 saturated carbocycles. The summed E-state index contributed by atoms with van der Waals surface area (Å²) in [6.07, 6.45) is -12.9. The summed E-state index contributed by atoms with van der Waals surface area (Å²) in [6.45, 7) is 2.64. The van der Waals surface area contributed by atoms with Gasteiger partial charge in [-0.1, -0.05) is 6.07 Å². The van der Waals surface area contributed by atoms with Crippen molar-refractivity contribution >= 4 is 29.8 Å². The molecule has 2 aliphatic carbocycles. The lowest BCUT2D eigenvalue weighted by Crippen LogP contribution is -2.74. The molecule has 1 saturated heterocycles. The van der Waals surface area contributed by atoms with Gasteiger partial charge in [-0.25, -0.2) is 19.2 Å². The zero-order valence-corrected chi connectivity index (χ0v) is 26.5. The van der Waals surface area contributed by atoms with E-state index in [4.69, 9.17) is 29.2 Å². The Kier molecular flexibility index (Phi) is 9.67. The van der Waals surface area contributed by atoms with Crippen molar-refractivity contribution in [2.75, 3.05) is 13.6 Å². The third kappa shape index (κ3) is 6.08. The lowest BCUT2D eigenvalue weighted by Gasteiger charge is -2.61. The summed E-state index contributed by atoms with van der Waals surface area (Å²) >= 11 is 0. The number of ether oxygens (including phenoxy) is 5. The number of benzene rings is 1. The number of hydrogen-bond donors (Lipinski definition) is 7. The van der Waals surface area contributed by atoms with Gasteiger partial charge in [-0.15, -0.1) is 0 Å². The predicted molar refractivity (Wildman–Crippen MR) is 157 cm³/mol. The highest BCUT2D eigenvalue weighted by atomic mass is 16.7. The van der Waals surface area contributed by atoms with Crippen LogP contribution < -0.4 is 4.74 Å². The smallest absolute Gasteiger partial charge is 0.344 e. The zero-order chi connectivity index (χ0) is 36.2. The highest BCUT2D eigenvalue weighted by Crippen LogP contribution is 2.65. The van der Waals surface area contributed by atoms with Gasteiger partial charge in [-0.3, -0.25) is 4.79 Å². The normalized spacial score (nSPS) is 28.7. The number of esters is 3. The van der Waals surface area contributed by atoms with Crippen molar-refractivity contribution in [2.24, 2.45) is 0 Å². The SMILES string of the molecule is C[C@H](OC(=O)[C@H](C)OC(O)[C@H](CC(=O)OC1=CC[C@@]2(O)[C@H]3Cc4ccc(O)c5c4C2(CCN3C)[C@H]1O5)OC(=O)[C@H](O)[C@@H](O)C(=O)O)C(=O)O. The first kappa shape index (κ1) is 36.0. The average Bonchev–Trinajstić information content (AvgIpc) is 3.40. The zero-order valence-electron chi connectivity index (χ0n) is 26.5. The predicted octanol–water partition coefficient (Wildman–Crippen LogP) is -1.94. The summed E-state index contributed by atoms with van der Waals surface area (Å²) in [5.74, 6) is -7.78. The molecule has 0 amide bonds. The van der Waals surface area contributed by atoms with Crippen molar-refractivity contribution in [1.82, 2.24) is 4.90 Å². The molecule has 18 nitrogen and oxygen atoms in total. The Morgan fingerprint density at radius 1 is 1.00 bits per heavy atom. The molecule has 2 bridgehead atoms. The van der Waals surface area contributed by atoms with Crippen LogP contribution in [-0.2, 0) is 54.8 Å². The van der Waals surface area contributed by atoms with Gasteiger partial charge in [0.2, 0.25) is 0 Å². The Bertz CT molecular complexity index is 1580. The molecule has 4 aliphatic rings. The van der Waals surface area contributed by atoms with Gasteiger partial charge < -0.3 is 64.3 Å². The number of carboxylic acid groups (broad SMARTS) is 2. The number of likely N-dealkylation sites (N-methyl/N-ethyl adjacent to an activating group) is 1. The van der Waals surface area contributed by atoms with Gasteiger partial charge in [-0.2, -0.15) is 0 Å². The van der Waals surface area contributed by atoms with Gasteiger partial charge in [-0.05, 0) is 58.0 Å². The lowest BCUT2D eigenvalue weighted by molar-refractivity contribution is -0.220. The average molecular weight is 696 g/mol. The van der Waals surface area contributed by atoms with Crippen molar-refractivity contribution < 1.29 is 83.4 Å². The number of hydrogen-bond acceptors (Lipinski definition) is 16. The van der Waals surface area contributed by atoms with E-state index in [1.54, 1.807) is 6.07 Å². The van der Waals surface area contributed by atoms with E-state index in [1.165, 1.54) is 12.1 Å². The number of carboxylic acids is 2. The third-order valence-electron chi connectivity index (χ3n) is 9.65. The van der Waals surface area contributed by atoms with Crippen LogP contribution in [0, 0.1) is 0 Å². The maximum atomic E-state index is 13.4. The second kappa shape index (κ2) is 13.2. The van der Waals surface area contributed by atoms with E-state index in [1.807, 2.05) is 11.9 Å². The molecule has 0 radical (unpaired) electrons. The molecule has 1 aromatic rings. The first-order chi connectivity index (χ1) is 22.9. The molecule has 268 valence electrons. The van der Waals surface area contributed by atoms with Crippen molar-refractivity contribution in [3.8, 4) is 11.5 Å². The second-order valence-electron chi connectivity index (χ2n) is 12.6. The fourth-order valence-corrected chi connectivity index (χ4v) is 7.13. The summed E-state index contributed by atoms with van der Waals surface area (Å²) < 4.78 is 26.6. The van der Waals surface area contributed by atoms with Crippen LogP contribution in [0.25, 0.3) is 0 Å². The molecule has 5 rings (SSSR count). The van der Waals surface area contributed by atoms with E-state index in [-0.39, 0.29) is 29.7 Å². The number of phenolic OH excluding ortho intramolecular Hbond substituents is 1. The van der Waals surface area contributed by atoms with Crippen LogP contribution in [0.3, 0.4) is 0 Å². The Morgan fingerprint density at radius 3 is 2.35 bits per heavy atom. The summed E-state index contributed by atoms with van der Waals surface area (Å²) in [7, 11) is 1.89. The summed E-state index contributed by atoms with van der Waals surface area (Å²) in [5, 5.41) is 71.2. The van der Waals surface area contributed by atoms with E-state index < -0.39 is 90.2 Å². The fourth-order valence-electron chi connectivity index (χ4n) is 7.13. The number of carbonyl (C=O) groups excluding carboxylic acids is 3. The number of likely N-dealkylation sites (tertiary alicyclic amines) is 1. The van der Waals surface area contributed by atoms with Crippen LogP contribution in [0.5, 0.6) is 11.5 Å². The molecule has 49 heavy (non-hydrogen) atoms. The first-order valence-electron chi connectivity index (χ1n) is 15.3. The molecule has 10 atom stereocenters. The Morgan fingerprint density at radius 2 is 1.69 bits per heavy atom. The highest BCUT2D eigenvalue weighted by Gasteiger charge is 2.72. The monoisotopic (exact) mass is 695 g/mol. The van der Waals surface area contributed by atoms with Crippen LogP contribution in [0.1, 0.15) is 44.2 Å². The van der Waals surface area contributed by atoms with E-state index in [9.17, 15) is 49.5 Å². The largest absolute Gasteiger partial charge is 0.504 e. The number of aliphatic hydroxyl groups excluding tert-OH is 3. The van der Waals surface area contributed by atoms with E-state index >= 15 is 0 Å². The van der Waals surface area contributed by atoms with Gasteiger partial charge >= 0.3 is 29.8 Å². The van der Waals surface area contributed by atoms with Crippen molar-refractivity contribution in [1.29, 1.82) is 0 Å². The molecular weight excluding hydrogens is 658 g/mol. The second-order valence-corrected chi connectivity index (χ2v) is 12.6. The van der Waals surface area contributed by atoms with Crippen LogP contribution in [0.2, 0.25) is 0 Å². The summed E-state index contributed by atoms with van der Waals surface area (Å²) in [4.78, 5) is 62.3. The quantitative estimate of drug-likeness (QED) is 0.0671. The molecule has 1 aromatic carbocycles. The van der Waals surface area contributed by atoms with Crippen LogP contribution in [0.4, 0.5) is 0 Å². The molecule has 1 fully saturated rings. The minimum absolute atomic E-state index is 0.0246. The van der Waals surface area contributed by atoms with Gasteiger partial charge in [0.15, 0.2) is 54.4 Å². The Hall–Kier alpha value is -4.33. The number of aliphatic hydroxyl groups is 4. The fraction of sp³-hybridized carbons (Fsp3) is 0.581. The first-order valence-corrected chi connectivity index (χ1v) is 15.3. The van der Waals surface area contributed by atoms with Gasteiger partial charge in [0, 0.05) is 18.0 Å². The molecule has 1 spiro atoms. The van der Waals surface area contributed by atoms with E-state index in [2.05, 4.69) is 4.74 Å². The van der Waals surface area contributed by atoms with Crippen LogP contribution in [0.15, 0.2) is 24.0 Å². The van der Waals surface area contributed by atoms with Gasteiger partial charge in [0.25, 0.3) is 0 Å². The van der Waals surface area contributed by atoms with Crippen LogP contribution >= 0.6 is 0 Å². The van der Waals surface area contributed by atoms with Gasteiger partial charge in [0.1, 0.15) is 5.76 Å². The molecular formula is C31H37NO17.